The van der Waals surface area contributed by atoms with Crippen molar-refractivity contribution in [2.45, 2.75) is 39.3 Å². The van der Waals surface area contributed by atoms with Crippen molar-refractivity contribution in [3.05, 3.63) is 63.1 Å². The molecule has 0 heterocycles. The summed E-state index contributed by atoms with van der Waals surface area (Å²) in [5, 5.41) is 7.51. The quantitative estimate of drug-likeness (QED) is 0.169. The van der Waals surface area contributed by atoms with Crippen LogP contribution in [0, 0.1) is 5.92 Å². The van der Waals surface area contributed by atoms with Crippen molar-refractivity contribution in [2.75, 3.05) is 13.7 Å². The van der Waals surface area contributed by atoms with Crippen molar-refractivity contribution in [2.24, 2.45) is 11.0 Å². The van der Waals surface area contributed by atoms with Crippen LogP contribution in [-0.4, -0.2) is 43.9 Å². The van der Waals surface area contributed by atoms with E-state index >= 15 is 0 Å². The molecule has 0 saturated heterocycles. The van der Waals surface area contributed by atoms with Crippen LogP contribution in [0.2, 0.25) is 10.0 Å². The average molecular weight is 615 g/mol. The van der Waals surface area contributed by atoms with Gasteiger partial charge in [-0.2, -0.15) is 5.10 Å². The molecule has 0 saturated carbocycles. The maximum absolute atomic E-state index is 12.9. The summed E-state index contributed by atoms with van der Waals surface area (Å²) in [4.78, 5) is 25.6. The zero-order valence-corrected chi connectivity index (χ0v) is 24.1. The Morgan fingerprint density at radius 2 is 1.86 bits per heavy atom. The van der Waals surface area contributed by atoms with E-state index in [1.54, 1.807) is 37.3 Å². The Hall–Kier alpha value is -2.75. The summed E-state index contributed by atoms with van der Waals surface area (Å²) in [7, 11) is 1.52. The topological polar surface area (TPSA) is 98.2 Å². The fourth-order valence-corrected chi connectivity index (χ4v) is 4.18. The van der Waals surface area contributed by atoms with Gasteiger partial charge in [-0.15, -0.1) is 0 Å². The highest BCUT2D eigenvalue weighted by atomic mass is 79.9. The first kappa shape index (κ1) is 30.5. The third-order valence-corrected chi connectivity index (χ3v) is 6.01. The standard InChI is InChI=1S/C26H30BrCl2N3O5/c1-6-9-36-24-19(27)11-17(12-23(24)35-5)14-30-32-26(34)21(10-15(2)3)31-25(33)16(4)37-22-8-7-18(28)13-20(22)29/h6-8,11-16,21H,1,9-10H2,2-5H3,(H,31,33)(H,32,34)/b30-14-/t16-,21+/m0/s1. The molecule has 2 aromatic rings. The van der Waals surface area contributed by atoms with Crippen LogP contribution in [0.15, 0.2) is 52.6 Å². The molecule has 0 aliphatic heterocycles. The summed E-state index contributed by atoms with van der Waals surface area (Å²) in [5.41, 5.74) is 3.14. The first-order valence-corrected chi connectivity index (χ1v) is 13.0. The first-order valence-electron chi connectivity index (χ1n) is 11.4. The Morgan fingerprint density at radius 3 is 2.49 bits per heavy atom. The van der Waals surface area contributed by atoms with Crippen molar-refractivity contribution in [3.63, 3.8) is 0 Å². The molecule has 0 aliphatic rings. The van der Waals surface area contributed by atoms with Gasteiger partial charge in [0.25, 0.3) is 11.8 Å². The van der Waals surface area contributed by atoms with Crippen molar-refractivity contribution in [1.82, 2.24) is 10.7 Å². The number of methoxy groups -OCH3 is 1. The average Bonchev–Trinajstić information content (AvgIpc) is 2.83. The number of hydrogen-bond acceptors (Lipinski definition) is 6. The van der Waals surface area contributed by atoms with E-state index < -0.39 is 24.0 Å². The molecular weight excluding hydrogens is 585 g/mol. The van der Waals surface area contributed by atoms with Gasteiger partial charge < -0.3 is 19.5 Å². The van der Waals surface area contributed by atoms with Gasteiger partial charge in [0.15, 0.2) is 17.6 Å². The molecule has 2 amide bonds. The van der Waals surface area contributed by atoms with Gasteiger partial charge >= 0.3 is 0 Å². The first-order chi connectivity index (χ1) is 17.5. The Balaban J connectivity index is 2.07. The Kier molecular flexibility index (Phi) is 12.2. The van der Waals surface area contributed by atoms with Gasteiger partial charge in [0.2, 0.25) is 0 Å². The van der Waals surface area contributed by atoms with E-state index in [0.29, 0.717) is 45.3 Å². The van der Waals surface area contributed by atoms with Gasteiger partial charge in [-0.05, 0) is 71.1 Å². The number of nitrogens with zero attached hydrogens (tertiary/aromatic N) is 1. The number of carbonyl (C=O) groups excluding carboxylic acids is 2. The number of halogens is 3. The summed E-state index contributed by atoms with van der Waals surface area (Å²) in [6, 6.07) is 7.36. The van der Waals surface area contributed by atoms with E-state index in [1.807, 2.05) is 13.8 Å². The Labute approximate surface area is 235 Å². The molecule has 2 N–H and O–H groups in total. The lowest BCUT2D eigenvalue weighted by atomic mass is 10.0. The highest BCUT2D eigenvalue weighted by molar-refractivity contribution is 9.10. The minimum Gasteiger partial charge on any atom is -0.493 e. The third-order valence-electron chi connectivity index (χ3n) is 4.89. The lowest BCUT2D eigenvalue weighted by Gasteiger charge is -2.22. The van der Waals surface area contributed by atoms with Gasteiger partial charge in [-0.25, -0.2) is 5.43 Å². The molecule has 2 aromatic carbocycles. The SMILES string of the molecule is C=CCOc1c(Br)cc(/C=N\NC(=O)[C@@H](CC(C)C)NC(=O)[C@H](C)Oc2ccc(Cl)cc2Cl)cc1OC. The second kappa shape index (κ2) is 14.9. The van der Waals surface area contributed by atoms with Gasteiger partial charge in [0, 0.05) is 5.02 Å². The number of amides is 2. The maximum Gasteiger partial charge on any atom is 0.262 e. The molecule has 0 spiro atoms. The number of hydrazone groups is 1. The minimum atomic E-state index is -0.906. The van der Waals surface area contributed by atoms with Crippen LogP contribution in [0.4, 0.5) is 0 Å². The van der Waals surface area contributed by atoms with Crippen LogP contribution in [0.3, 0.4) is 0 Å². The molecule has 37 heavy (non-hydrogen) atoms. The van der Waals surface area contributed by atoms with Crippen LogP contribution >= 0.6 is 39.1 Å². The van der Waals surface area contributed by atoms with E-state index in [1.165, 1.54) is 19.4 Å². The summed E-state index contributed by atoms with van der Waals surface area (Å²) >= 11 is 15.5. The fraction of sp³-hybridized carbons (Fsp3) is 0.346. The van der Waals surface area contributed by atoms with Gasteiger partial charge in [-0.3, -0.25) is 9.59 Å². The highest BCUT2D eigenvalue weighted by Crippen LogP contribution is 2.36. The Bertz CT molecular complexity index is 1140. The molecule has 200 valence electrons. The van der Waals surface area contributed by atoms with Gasteiger partial charge in [0.1, 0.15) is 18.4 Å². The number of nitrogens with one attached hydrogen (secondary N) is 2. The summed E-state index contributed by atoms with van der Waals surface area (Å²) < 4.78 is 17.3. The second-order valence-corrected chi connectivity index (χ2v) is 10.1. The zero-order chi connectivity index (χ0) is 27.5. The van der Waals surface area contributed by atoms with Crippen molar-refractivity contribution in [3.8, 4) is 17.2 Å². The van der Waals surface area contributed by atoms with Crippen LogP contribution in [0.1, 0.15) is 32.8 Å². The monoisotopic (exact) mass is 613 g/mol. The molecule has 0 unspecified atom stereocenters. The maximum atomic E-state index is 12.9. The second-order valence-electron chi connectivity index (χ2n) is 8.39. The molecule has 2 atom stereocenters. The predicted octanol–water partition coefficient (Wildman–Crippen LogP) is 5.78. The van der Waals surface area contributed by atoms with E-state index in [4.69, 9.17) is 37.4 Å². The van der Waals surface area contributed by atoms with Gasteiger partial charge in [-0.1, -0.05) is 49.7 Å². The molecule has 0 aliphatic carbocycles. The number of rotatable bonds is 13. The fourth-order valence-electron chi connectivity index (χ4n) is 3.15. The lowest BCUT2D eigenvalue weighted by Crippen LogP contribution is -2.49. The van der Waals surface area contributed by atoms with Crippen molar-refractivity contribution >= 4 is 57.2 Å². The van der Waals surface area contributed by atoms with Gasteiger partial charge in [0.05, 0.1) is 22.8 Å². The van der Waals surface area contributed by atoms with E-state index in [-0.39, 0.29) is 10.9 Å². The number of hydrogen-bond donors (Lipinski definition) is 2. The van der Waals surface area contributed by atoms with Crippen LogP contribution in [0.25, 0.3) is 0 Å². The normalized spacial score (nSPS) is 12.6. The molecular formula is C26H30BrCl2N3O5. The van der Waals surface area contributed by atoms with E-state index in [2.05, 4.69) is 38.4 Å². The molecule has 2 rings (SSSR count). The zero-order valence-electron chi connectivity index (χ0n) is 21.0. The highest BCUT2D eigenvalue weighted by Gasteiger charge is 2.25. The number of ether oxygens (including phenoxy) is 3. The molecule has 0 bridgehead atoms. The molecule has 8 nitrogen and oxygen atoms in total. The van der Waals surface area contributed by atoms with E-state index in [9.17, 15) is 9.59 Å². The van der Waals surface area contributed by atoms with Crippen LogP contribution in [-0.2, 0) is 9.59 Å². The number of benzene rings is 2. The lowest BCUT2D eigenvalue weighted by molar-refractivity contribution is -0.132. The Morgan fingerprint density at radius 1 is 1.14 bits per heavy atom. The van der Waals surface area contributed by atoms with Crippen molar-refractivity contribution < 1.29 is 23.8 Å². The molecule has 0 fully saturated rings. The summed E-state index contributed by atoms with van der Waals surface area (Å²) in [6.07, 6.45) is 2.58. The van der Waals surface area contributed by atoms with Crippen molar-refractivity contribution in [1.29, 1.82) is 0 Å². The predicted molar refractivity (Wildman–Crippen MR) is 150 cm³/mol. The molecule has 11 heteroatoms. The third kappa shape index (κ3) is 9.57. The van der Waals surface area contributed by atoms with E-state index in [0.717, 1.165) is 0 Å². The van der Waals surface area contributed by atoms with Crippen LogP contribution in [0.5, 0.6) is 17.2 Å². The summed E-state index contributed by atoms with van der Waals surface area (Å²) in [6.45, 7) is 9.41. The molecule has 0 aromatic heterocycles. The summed E-state index contributed by atoms with van der Waals surface area (Å²) in [5.74, 6) is 0.519. The molecule has 0 radical (unpaired) electrons. The number of carbonyl (C=O) groups is 2. The smallest absolute Gasteiger partial charge is 0.262 e. The largest absolute Gasteiger partial charge is 0.493 e. The van der Waals surface area contributed by atoms with Crippen LogP contribution < -0.4 is 25.0 Å². The minimum absolute atomic E-state index is 0.130.